The SMILES string of the molecule is COc1ccc(C(C)NC(=O)N(C)CCC(N)=O)cc1C. The van der Waals surface area contributed by atoms with Crippen molar-refractivity contribution < 1.29 is 14.3 Å². The highest BCUT2D eigenvalue weighted by molar-refractivity contribution is 5.77. The molecule has 0 fully saturated rings. The molecule has 0 radical (unpaired) electrons. The number of hydrogen-bond acceptors (Lipinski definition) is 3. The fourth-order valence-corrected chi connectivity index (χ4v) is 1.93. The van der Waals surface area contributed by atoms with Crippen LogP contribution in [0.3, 0.4) is 0 Å². The van der Waals surface area contributed by atoms with Gasteiger partial charge in [-0.3, -0.25) is 4.79 Å². The maximum absolute atomic E-state index is 12.0. The topological polar surface area (TPSA) is 84.7 Å². The van der Waals surface area contributed by atoms with Crippen LogP contribution in [0.2, 0.25) is 0 Å². The van der Waals surface area contributed by atoms with E-state index in [0.717, 1.165) is 16.9 Å². The molecule has 1 atom stereocenters. The lowest BCUT2D eigenvalue weighted by Crippen LogP contribution is -2.40. The van der Waals surface area contributed by atoms with Crippen LogP contribution in [0.25, 0.3) is 0 Å². The number of urea groups is 1. The predicted octanol–water partition coefficient (Wildman–Crippen LogP) is 1.58. The molecule has 0 aromatic heterocycles. The lowest BCUT2D eigenvalue weighted by atomic mass is 10.1. The molecule has 3 amide bonds. The van der Waals surface area contributed by atoms with Gasteiger partial charge in [0.15, 0.2) is 0 Å². The van der Waals surface area contributed by atoms with E-state index >= 15 is 0 Å². The fourth-order valence-electron chi connectivity index (χ4n) is 1.93. The van der Waals surface area contributed by atoms with Gasteiger partial charge in [-0.15, -0.1) is 0 Å². The van der Waals surface area contributed by atoms with Crippen molar-refractivity contribution in [1.82, 2.24) is 10.2 Å². The molecular formula is C15H23N3O3. The summed E-state index contributed by atoms with van der Waals surface area (Å²) in [5, 5.41) is 2.88. The number of amides is 3. The third-order valence-corrected chi connectivity index (χ3v) is 3.30. The van der Waals surface area contributed by atoms with Gasteiger partial charge in [0.25, 0.3) is 0 Å². The summed E-state index contributed by atoms with van der Waals surface area (Å²) in [5.41, 5.74) is 7.07. The first-order valence-electron chi connectivity index (χ1n) is 6.79. The summed E-state index contributed by atoms with van der Waals surface area (Å²) in [6.45, 7) is 4.16. The van der Waals surface area contributed by atoms with Crippen LogP contribution in [0.5, 0.6) is 5.75 Å². The Bertz CT molecular complexity index is 517. The third-order valence-electron chi connectivity index (χ3n) is 3.30. The molecule has 1 rings (SSSR count). The largest absolute Gasteiger partial charge is 0.496 e. The van der Waals surface area contributed by atoms with Crippen molar-refractivity contribution in [3.63, 3.8) is 0 Å². The number of aryl methyl sites for hydroxylation is 1. The van der Waals surface area contributed by atoms with Gasteiger partial charge in [-0.25, -0.2) is 4.79 Å². The molecule has 0 aliphatic carbocycles. The molecule has 6 heteroatoms. The Morgan fingerprint density at radius 2 is 2.10 bits per heavy atom. The molecule has 116 valence electrons. The quantitative estimate of drug-likeness (QED) is 0.835. The predicted molar refractivity (Wildman–Crippen MR) is 81.1 cm³/mol. The van der Waals surface area contributed by atoms with E-state index in [2.05, 4.69) is 5.32 Å². The fraction of sp³-hybridized carbons (Fsp3) is 0.467. The van der Waals surface area contributed by atoms with Gasteiger partial charge in [0.1, 0.15) is 5.75 Å². The van der Waals surface area contributed by atoms with Gasteiger partial charge in [0.05, 0.1) is 13.2 Å². The summed E-state index contributed by atoms with van der Waals surface area (Å²) in [6, 6.07) is 5.40. The maximum atomic E-state index is 12.0. The number of benzene rings is 1. The van der Waals surface area contributed by atoms with E-state index < -0.39 is 5.91 Å². The normalized spacial score (nSPS) is 11.6. The van der Waals surface area contributed by atoms with Crippen LogP contribution in [0.15, 0.2) is 18.2 Å². The standard InChI is InChI=1S/C15H23N3O3/c1-10-9-12(5-6-13(10)21-4)11(2)17-15(20)18(3)8-7-14(16)19/h5-6,9,11H,7-8H2,1-4H3,(H2,16,19)(H,17,20). The van der Waals surface area contributed by atoms with Gasteiger partial charge >= 0.3 is 6.03 Å². The van der Waals surface area contributed by atoms with Crippen molar-refractivity contribution in [2.45, 2.75) is 26.3 Å². The summed E-state index contributed by atoms with van der Waals surface area (Å²) >= 11 is 0. The molecule has 0 aliphatic rings. The van der Waals surface area contributed by atoms with E-state index in [1.807, 2.05) is 32.0 Å². The zero-order valence-electron chi connectivity index (χ0n) is 13.0. The van der Waals surface area contributed by atoms with E-state index in [1.165, 1.54) is 4.90 Å². The van der Waals surface area contributed by atoms with Crippen molar-refractivity contribution in [1.29, 1.82) is 0 Å². The smallest absolute Gasteiger partial charge is 0.317 e. The molecule has 3 N–H and O–H groups in total. The average Bonchev–Trinajstić information content (AvgIpc) is 2.44. The van der Waals surface area contributed by atoms with Crippen molar-refractivity contribution >= 4 is 11.9 Å². The summed E-state index contributed by atoms with van der Waals surface area (Å²) in [4.78, 5) is 24.1. The molecule has 6 nitrogen and oxygen atoms in total. The molecule has 1 aromatic carbocycles. The molecule has 0 spiro atoms. The Hall–Kier alpha value is -2.24. The monoisotopic (exact) mass is 293 g/mol. The lowest BCUT2D eigenvalue weighted by molar-refractivity contribution is -0.118. The number of rotatable bonds is 6. The summed E-state index contributed by atoms with van der Waals surface area (Å²) in [5.74, 6) is 0.393. The molecule has 21 heavy (non-hydrogen) atoms. The van der Waals surface area contributed by atoms with Crippen LogP contribution >= 0.6 is 0 Å². The minimum Gasteiger partial charge on any atom is -0.496 e. The zero-order chi connectivity index (χ0) is 16.0. The van der Waals surface area contributed by atoms with Gasteiger partial charge in [-0.2, -0.15) is 0 Å². The maximum Gasteiger partial charge on any atom is 0.317 e. The Morgan fingerprint density at radius 3 is 2.62 bits per heavy atom. The Labute approximate surface area is 125 Å². The highest BCUT2D eigenvalue weighted by Gasteiger charge is 2.14. The minimum atomic E-state index is -0.423. The summed E-state index contributed by atoms with van der Waals surface area (Å²) in [7, 11) is 3.26. The van der Waals surface area contributed by atoms with Gasteiger partial charge in [-0.05, 0) is 31.0 Å². The van der Waals surface area contributed by atoms with Gasteiger partial charge in [0.2, 0.25) is 5.91 Å². The minimum absolute atomic E-state index is 0.141. The second kappa shape index (κ2) is 7.52. The molecular weight excluding hydrogens is 270 g/mol. The molecule has 0 bridgehead atoms. The van der Waals surface area contributed by atoms with E-state index in [1.54, 1.807) is 14.2 Å². The van der Waals surface area contributed by atoms with Crippen LogP contribution in [-0.4, -0.2) is 37.5 Å². The molecule has 0 saturated heterocycles. The van der Waals surface area contributed by atoms with Crippen LogP contribution in [-0.2, 0) is 4.79 Å². The molecule has 0 heterocycles. The number of nitrogens with two attached hydrogens (primary N) is 1. The first kappa shape index (κ1) is 16.8. The number of hydrogen-bond donors (Lipinski definition) is 2. The first-order valence-corrected chi connectivity index (χ1v) is 6.79. The summed E-state index contributed by atoms with van der Waals surface area (Å²) in [6.07, 6.45) is 0.153. The van der Waals surface area contributed by atoms with Crippen molar-refractivity contribution in [2.75, 3.05) is 20.7 Å². The Kier molecular flexibility index (Phi) is 6.02. The molecule has 1 aromatic rings. The van der Waals surface area contributed by atoms with Gasteiger partial charge < -0.3 is 20.7 Å². The third kappa shape index (κ3) is 4.98. The van der Waals surface area contributed by atoms with Crippen molar-refractivity contribution in [3.05, 3.63) is 29.3 Å². The van der Waals surface area contributed by atoms with E-state index in [4.69, 9.17) is 10.5 Å². The molecule has 1 unspecified atom stereocenters. The molecule has 0 aliphatic heterocycles. The number of ether oxygens (including phenoxy) is 1. The van der Waals surface area contributed by atoms with Crippen molar-refractivity contribution in [2.24, 2.45) is 5.73 Å². The Balaban J connectivity index is 2.63. The second-order valence-corrected chi connectivity index (χ2v) is 5.04. The van der Waals surface area contributed by atoms with Crippen molar-refractivity contribution in [3.8, 4) is 5.75 Å². The van der Waals surface area contributed by atoms with E-state index in [-0.39, 0.29) is 18.5 Å². The van der Waals surface area contributed by atoms with Gasteiger partial charge in [-0.1, -0.05) is 12.1 Å². The average molecular weight is 293 g/mol. The van der Waals surface area contributed by atoms with Crippen LogP contribution < -0.4 is 15.8 Å². The number of carbonyl (C=O) groups excluding carboxylic acids is 2. The number of carbonyl (C=O) groups is 2. The lowest BCUT2D eigenvalue weighted by Gasteiger charge is -2.21. The molecule has 0 saturated carbocycles. The second-order valence-electron chi connectivity index (χ2n) is 5.04. The summed E-state index contributed by atoms with van der Waals surface area (Å²) < 4.78 is 5.21. The zero-order valence-corrected chi connectivity index (χ0v) is 13.0. The van der Waals surface area contributed by atoms with E-state index in [9.17, 15) is 9.59 Å². The van der Waals surface area contributed by atoms with Crippen LogP contribution in [0, 0.1) is 6.92 Å². The highest BCUT2D eigenvalue weighted by atomic mass is 16.5. The van der Waals surface area contributed by atoms with Gasteiger partial charge in [0, 0.05) is 20.0 Å². The number of nitrogens with zero attached hydrogens (tertiary/aromatic N) is 1. The van der Waals surface area contributed by atoms with E-state index in [0.29, 0.717) is 6.54 Å². The Morgan fingerprint density at radius 1 is 1.43 bits per heavy atom. The number of methoxy groups -OCH3 is 1. The van der Waals surface area contributed by atoms with Crippen LogP contribution in [0.4, 0.5) is 4.79 Å². The first-order chi connectivity index (χ1) is 9.85. The van der Waals surface area contributed by atoms with Crippen LogP contribution in [0.1, 0.15) is 30.5 Å². The number of primary amides is 1. The highest BCUT2D eigenvalue weighted by Crippen LogP contribution is 2.22. The number of nitrogens with one attached hydrogen (secondary N) is 1.